The van der Waals surface area contributed by atoms with E-state index in [0.717, 1.165) is 24.6 Å². The summed E-state index contributed by atoms with van der Waals surface area (Å²) in [5.74, 6) is 1.25. The number of benzene rings is 1. The summed E-state index contributed by atoms with van der Waals surface area (Å²) >= 11 is 0. The molecule has 0 aromatic heterocycles. The lowest BCUT2D eigenvalue weighted by molar-refractivity contribution is 0.151. The molecular weight excluding hydrogens is 461 g/mol. The Balaban J connectivity index is 0.00000243. The van der Waals surface area contributed by atoms with Crippen molar-refractivity contribution in [1.29, 1.82) is 0 Å². The Morgan fingerprint density at radius 1 is 1.23 bits per heavy atom. The quantitative estimate of drug-likeness (QED) is 0.288. The summed E-state index contributed by atoms with van der Waals surface area (Å²) in [7, 11) is -1.26. The molecule has 3 rings (SSSR count). The van der Waals surface area contributed by atoms with Crippen LogP contribution < -0.4 is 5.32 Å². The second-order valence-corrected chi connectivity index (χ2v) is 9.61. The Bertz CT molecular complexity index is 703. The smallest absolute Gasteiger partial charge is 0.193 e. The topological polar surface area (TPSA) is 61.8 Å². The van der Waals surface area contributed by atoms with Crippen molar-refractivity contribution in [3.63, 3.8) is 0 Å². The third kappa shape index (κ3) is 5.58. The van der Waals surface area contributed by atoms with Crippen molar-refractivity contribution >= 4 is 39.8 Å². The Labute approximate surface area is 174 Å². The predicted molar refractivity (Wildman–Crippen MR) is 118 cm³/mol. The Kier molecular flexibility index (Phi) is 7.76. The molecule has 26 heavy (non-hydrogen) atoms. The SMILES string of the molecule is CN=C(NCCCS(=O)(=O)Cc1ccccc1)N1CCC2(CCC2)C1.I. The minimum absolute atomic E-state index is 0. The maximum atomic E-state index is 12.2. The molecule has 7 heteroatoms. The summed E-state index contributed by atoms with van der Waals surface area (Å²) in [5, 5.41) is 3.35. The third-order valence-electron chi connectivity index (χ3n) is 5.51. The molecule has 1 N–H and O–H groups in total. The molecule has 1 aliphatic carbocycles. The van der Waals surface area contributed by atoms with E-state index in [2.05, 4.69) is 15.2 Å². The number of likely N-dealkylation sites (tertiary alicyclic amines) is 1. The molecule has 1 aromatic rings. The van der Waals surface area contributed by atoms with Gasteiger partial charge in [0.05, 0.1) is 11.5 Å². The van der Waals surface area contributed by atoms with Crippen LogP contribution in [0.2, 0.25) is 0 Å². The Morgan fingerprint density at radius 2 is 1.96 bits per heavy atom. The van der Waals surface area contributed by atoms with Gasteiger partial charge in [0.25, 0.3) is 0 Å². The molecule has 0 bridgehead atoms. The number of nitrogens with one attached hydrogen (secondary N) is 1. The van der Waals surface area contributed by atoms with E-state index >= 15 is 0 Å². The zero-order valence-corrected chi connectivity index (χ0v) is 18.6. The molecule has 146 valence electrons. The monoisotopic (exact) mass is 491 g/mol. The first-order chi connectivity index (χ1) is 12.0. The van der Waals surface area contributed by atoms with E-state index in [1.165, 1.54) is 25.7 Å². The van der Waals surface area contributed by atoms with Crippen molar-refractivity contribution in [2.45, 2.75) is 37.9 Å². The van der Waals surface area contributed by atoms with Gasteiger partial charge in [-0.05, 0) is 36.7 Å². The minimum Gasteiger partial charge on any atom is -0.356 e. The molecule has 2 aliphatic rings. The van der Waals surface area contributed by atoms with Crippen LogP contribution in [-0.2, 0) is 15.6 Å². The zero-order chi connectivity index (χ0) is 17.8. The van der Waals surface area contributed by atoms with Gasteiger partial charge in [0.2, 0.25) is 0 Å². The highest BCUT2D eigenvalue weighted by atomic mass is 127. The van der Waals surface area contributed by atoms with Gasteiger partial charge in [-0.3, -0.25) is 4.99 Å². The maximum absolute atomic E-state index is 12.2. The van der Waals surface area contributed by atoms with Crippen molar-refractivity contribution in [2.24, 2.45) is 10.4 Å². The fourth-order valence-corrected chi connectivity index (χ4v) is 5.35. The van der Waals surface area contributed by atoms with E-state index in [9.17, 15) is 8.42 Å². The molecule has 1 heterocycles. The number of halogens is 1. The van der Waals surface area contributed by atoms with E-state index in [1.54, 1.807) is 7.05 Å². The number of sulfone groups is 1. The number of guanidine groups is 1. The van der Waals surface area contributed by atoms with Gasteiger partial charge in [0.15, 0.2) is 15.8 Å². The third-order valence-corrected chi connectivity index (χ3v) is 7.19. The van der Waals surface area contributed by atoms with Crippen LogP contribution in [0.5, 0.6) is 0 Å². The lowest BCUT2D eigenvalue weighted by atomic mass is 9.68. The molecule has 1 spiro atoms. The molecule has 0 atom stereocenters. The van der Waals surface area contributed by atoms with Crippen molar-refractivity contribution in [2.75, 3.05) is 32.4 Å². The fraction of sp³-hybridized carbons (Fsp3) is 0.632. The average molecular weight is 491 g/mol. The fourth-order valence-electron chi connectivity index (χ4n) is 3.93. The highest BCUT2D eigenvalue weighted by Gasteiger charge is 2.43. The normalized spacial score (nSPS) is 19.1. The van der Waals surface area contributed by atoms with Gasteiger partial charge in [-0.15, -0.1) is 24.0 Å². The summed E-state index contributed by atoms with van der Waals surface area (Å²) in [6.45, 7) is 2.80. The average Bonchev–Trinajstić information content (AvgIpc) is 3.01. The molecule has 1 aromatic carbocycles. The lowest BCUT2D eigenvalue weighted by Crippen LogP contribution is -2.43. The van der Waals surface area contributed by atoms with Crippen LogP contribution in [0.15, 0.2) is 35.3 Å². The van der Waals surface area contributed by atoms with Crippen molar-refractivity contribution in [3.8, 4) is 0 Å². The second-order valence-electron chi connectivity index (χ2n) is 7.43. The second kappa shape index (κ2) is 9.39. The van der Waals surface area contributed by atoms with Crippen LogP contribution in [0.3, 0.4) is 0 Å². The van der Waals surface area contributed by atoms with Crippen LogP contribution in [0, 0.1) is 5.41 Å². The zero-order valence-electron chi connectivity index (χ0n) is 15.5. The van der Waals surface area contributed by atoms with Gasteiger partial charge >= 0.3 is 0 Å². The number of hydrogen-bond acceptors (Lipinski definition) is 3. The number of hydrogen-bond donors (Lipinski definition) is 1. The van der Waals surface area contributed by atoms with Gasteiger partial charge < -0.3 is 10.2 Å². The molecule has 2 fully saturated rings. The minimum atomic E-state index is -3.07. The Hall–Kier alpha value is -0.830. The van der Waals surface area contributed by atoms with Gasteiger partial charge in [0, 0.05) is 26.7 Å². The molecule has 0 unspecified atom stereocenters. The van der Waals surface area contributed by atoms with Crippen molar-refractivity contribution in [3.05, 3.63) is 35.9 Å². The summed E-state index contributed by atoms with van der Waals surface area (Å²) in [6, 6.07) is 9.38. The summed E-state index contributed by atoms with van der Waals surface area (Å²) in [5.41, 5.74) is 1.39. The molecule has 0 radical (unpaired) electrons. The summed E-state index contributed by atoms with van der Waals surface area (Å²) < 4.78 is 24.5. The molecule has 1 saturated heterocycles. The van der Waals surface area contributed by atoms with E-state index in [-0.39, 0.29) is 35.5 Å². The molecular formula is C19H30IN3O2S. The van der Waals surface area contributed by atoms with Gasteiger partial charge in [-0.25, -0.2) is 8.42 Å². The highest BCUT2D eigenvalue weighted by Crippen LogP contribution is 2.47. The number of nitrogens with zero attached hydrogens (tertiary/aromatic N) is 2. The van der Waals surface area contributed by atoms with Crippen LogP contribution in [0.1, 0.15) is 37.7 Å². The van der Waals surface area contributed by atoms with E-state index in [0.29, 0.717) is 18.4 Å². The summed E-state index contributed by atoms with van der Waals surface area (Å²) in [4.78, 5) is 6.71. The van der Waals surface area contributed by atoms with Crippen LogP contribution in [0.25, 0.3) is 0 Å². The van der Waals surface area contributed by atoms with Gasteiger partial charge in [-0.2, -0.15) is 0 Å². The standard InChI is InChI=1S/C19H29N3O2S.HI/c1-20-18(22-13-11-19(16-22)9-5-10-19)21-12-6-14-25(23,24)15-17-7-3-2-4-8-17;/h2-4,7-8H,5-6,9-16H2,1H3,(H,20,21);1H. The lowest BCUT2D eigenvalue weighted by Gasteiger charge is -2.38. The van der Waals surface area contributed by atoms with Crippen molar-refractivity contribution in [1.82, 2.24) is 10.2 Å². The molecule has 1 saturated carbocycles. The van der Waals surface area contributed by atoms with Crippen molar-refractivity contribution < 1.29 is 8.42 Å². The summed E-state index contributed by atoms with van der Waals surface area (Å²) in [6.07, 6.45) is 5.92. The van der Waals surface area contributed by atoms with Gasteiger partial charge in [-0.1, -0.05) is 36.8 Å². The predicted octanol–water partition coefficient (Wildman–Crippen LogP) is 3.06. The van der Waals surface area contributed by atoms with E-state index in [4.69, 9.17) is 0 Å². The molecule has 5 nitrogen and oxygen atoms in total. The van der Waals surface area contributed by atoms with Crippen LogP contribution in [0.4, 0.5) is 0 Å². The van der Waals surface area contributed by atoms with E-state index < -0.39 is 9.84 Å². The first-order valence-corrected chi connectivity index (χ1v) is 11.0. The maximum Gasteiger partial charge on any atom is 0.193 e. The molecule has 0 amide bonds. The number of aliphatic imine (C=N–C) groups is 1. The molecule has 1 aliphatic heterocycles. The van der Waals surface area contributed by atoms with Crippen LogP contribution >= 0.6 is 24.0 Å². The van der Waals surface area contributed by atoms with E-state index in [1.807, 2.05) is 30.3 Å². The van der Waals surface area contributed by atoms with Crippen LogP contribution in [-0.4, -0.2) is 51.7 Å². The number of rotatable bonds is 6. The van der Waals surface area contributed by atoms with Gasteiger partial charge in [0.1, 0.15) is 0 Å². The largest absolute Gasteiger partial charge is 0.356 e. The first-order valence-electron chi connectivity index (χ1n) is 9.22. The first kappa shape index (κ1) is 21.5. The highest BCUT2D eigenvalue weighted by molar-refractivity contribution is 14.0. The Morgan fingerprint density at radius 3 is 2.54 bits per heavy atom.